The largest absolute Gasteiger partial charge is 0.351 e. The molecule has 1 amide bonds. The summed E-state index contributed by atoms with van der Waals surface area (Å²) < 4.78 is 1.14. The highest BCUT2D eigenvalue weighted by Gasteiger charge is 2.12. The molecular formula is C20H29ClN4O3. The highest BCUT2D eigenvalue weighted by molar-refractivity contribution is 5.97. The first-order valence-corrected chi connectivity index (χ1v) is 9.88. The van der Waals surface area contributed by atoms with Crippen LogP contribution in [0.5, 0.6) is 0 Å². The van der Waals surface area contributed by atoms with Gasteiger partial charge in [-0.2, -0.15) is 0 Å². The molecule has 7 nitrogen and oxygen atoms in total. The van der Waals surface area contributed by atoms with Gasteiger partial charge in [-0.1, -0.05) is 25.7 Å². The summed E-state index contributed by atoms with van der Waals surface area (Å²) >= 11 is 0. The van der Waals surface area contributed by atoms with Gasteiger partial charge in [0.05, 0.1) is 10.9 Å². The molecular weight excluding hydrogens is 380 g/mol. The third-order valence-electron chi connectivity index (χ3n) is 5.26. The lowest BCUT2D eigenvalue weighted by Crippen LogP contribution is -2.37. The summed E-state index contributed by atoms with van der Waals surface area (Å²) in [5, 5.41) is 6.82. The molecule has 3 rings (SSSR count). The van der Waals surface area contributed by atoms with Gasteiger partial charge in [-0.05, 0) is 38.0 Å². The Morgan fingerprint density at radius 3 is 2.54 bits per heavy atom. The number of benzene rings is 1. The number of hydrogen-bond donors (Lipinski definition) is 3. The van der Waals surface area contributed by atoms with Gasteiger partial charge >= 0.3 is 5.69 Å². The van der Waals surface area contributed by atoms with Crippen molar-refractivity contribution in [1.82, 2.24) is 20.2 Å². The Morgan fingerprint density at radius 2 is 1.86 bits per heavy atom. The van der Waals surface area contributed by atoms with Gasteiger partial charge in [0.2, 0.25) is 0 Å². The summed E-state index contributed by atoms with van der Waals surface area (Å²) in [6.07, 6.45) is 7.62. The SMILES string of the molecule is CCn1c(=O)[nH]c2cc(C(=O)NCCNC3CCCCCC3)ccc2c1=O.Cl. The highest BCUT2D eigenvalue weighted by Crippen LogP contribution is 2.16. The molecule has 2 aromatic rings. The van der Waals surface area contributed by atoms with Crippen molar-refractivity contribution in [3.05, 3.63) is 44.6 Å². The van der Waals surface area contributed by atoms with Gasteiger partial charge in [0.1, 0.15) is 0 Å². The molecule has 0 unspecified atom stereocenters. The Labute approximate surface area is 170 Å². The zero-order valence-corrected chi connectivity index (χ0v) is 17.1. The molecule has 0 radical (unpaired) electrons. The van der Waals surface area contributed by atoms with Crippen LogP contribution in [0.2, 0.25) is 0 Å². The Hall–Kier alpha value is -2.12. The van der Waals surface area contributed by atoms with Gasteiger partial charge in [-0.25, -0.2) is 4.79 Å². The number of amides is 1. The van der Waals surface area contributed by atoms with Crippen LogP contribution >= 0.6 is 12.4 Å². The number of rotatable bonds is 6. The summed E-state index contributed by atoms with van der Waals surface area (Å²) in [5.41, 5.74) is 0.0242. The fourth-order valence-corrected chi connectivity index (χ4v) is 3.72. The molecule has 1 fully saturated rings. The van der Waals surface area contributed by atoms with Gasteiger partial charge in [0, 0.05) is 31.2 Å². The normalized spacial score (nSPS) is 15.0. The van der Waals surface area contributed by atoms with Crippen molar-refractivity contribution in [3.8, 4) is 0 Å². The molecule has 8 heteroatoms. The van der Waals surface area contributed by atoms with Crippen molar-refractivity contribution in [2.45, 2.75) is 58.0 Å². The van der Waals surface area contributed by atoms with Crippen molar-refractivity contribution in [2.75, 3.05) is 13.1 Å². The summed E-state index contributed by atoms with van der Waals surface area (Å²) in [5.74, 6) is -0.208. The molecule has 0 atom stereocenters. The summed E-state index contributed by atoms with van der Waals surface area (Å²) in [6, 6.07) is 5.33. The topological polar surface area (TPSA) is 96.0 Å². The van der Waals surface area contributed by atoms with E-state index in [4.69, 9.17) is 0 Å². The molecule has 154 valence electrons. The first-order chi connectivity index (χ1) is 13.1. The van der Waals surface area contributed by atoms with Gasteiger partial charge in [-0.3, -0.25) is 14.2 Å². The maximum Gasteiger partial charge on any atom is 0.328 e. The average Bonchev–Trinajstić information content (AvgIpc) is 2.93. The van der Waals surface area contributed by atoms with E-state index in [1.165, 1.54) is 38.5 Å². The maximum atomic E-state index is 12.4. The molecule has 0 spiro atoms. The van der Waals surface area contributed by atoms with Crippen LogP contribution in [-0.2, 0) is 6.54 Å². The van der Waals surface area contributed by atoms with E-state index in [2.05, 4.69) is 15.6 Å². The van der Waals surface area contributed by atoms with Crippen LogP contribution in [0.15, 0.2) is 27.8 Å². The van der Waals surface area contributed by atoms with Crippen molar-refractivity contribution in [2.24, 2.45) is 0 Å². The van der Waals surface area contributed by atoms with E-state index in [0.717, 1.165) is 11.1 Å². The van der Waals surface area contributed by atoms with E-state index < -0.39 is 5.69 Å². The quantitative estimate of drug-likeness (QED) is 0.504. The van der Waals surface area contributed by atoms with Gasteiger partial charge < -0.3 is 15.6 Å². The standard InChI is InChI=1S/C20H28N4O3.ClH/c1-2-24-19(26)16-10-9-14(13-17(16)23-20(24)27)18(25)22-12-11-21-15-7-5-3-4-6-8-15;/h9-10,13,15,21H,2-8,11-12H2,1H3,(H,22,25)(H,23,27);1H. The van der Waals surface area contributed by atoms with Crippen LogP contribution in [0.25, 0.3) is 10.9 Å². The minimum atomic E-state index is -0.458. The monoisotopic (exact) mass is 408 g/mol. The molecule has 1 aromatic heterocycles. The number of H-pyrrole nitrogens is 1. The number of nitrogens with zero attached hydrogens (tertiary/aromatic N) is 1. The second-order valence-electron chi connectivity index (χ2n) is 7.14. The third kappa shape index (κ3) is 5.23. The van der Waals surface area contributed by atoms with Crippen LogP contribution in [0, 0.1) is 0 Å². The van der Waals surface area contributed by atoms with Crippen LogP contribution < -0.4 is 21.9 Å². The lowest BCUT2D eigenvalue weighted by Gasteiger charge is -2.16. The molecule has 0 saturated heterocycles. The molecule has 1 aliphatic carbocycles. The van der Waals surface area contributed by atoms with Crippen molar-refractivity contribution < 1.29 is 4.79 Å². The number of carbonyl (C=O) groups is 1. The van der Waals surface area contributed by atoms with E-state index in [9.17, 15) is 14.4 Å². The van der Waals surface area contributed by atoms with Crippen LogP contribution in [0.3, 0.4) is 0 Å². The first kappa shape index (κ1) is 22.2. The minimum Gasteiger partial charge on any atom is -0.351 e. The number of aromatic amines is 1. The molecule has 0 aliphatic heterocycles. The predicted octanol–water partition coefficient (Wildman–Crippen LogP) is 2.17. The molecule has 3 N–H and O–H groups in total. The van der Waals surface area contributed by atoms with E-state index >= 15 is 0 Å². The summed E-state index contributed by atoms with van der Waals surface area (Å²) in [7, 11) is 0. The Bertz CT molecular complexity index is 914. The molecule has 1 aromatic carbocycles. The molecule has 1 heterocycles. The zero-order chi connectivity index (χ0) is 19.2. The number of aromatic nitrogens is 2. The van der Waals surface area contributed by atoms with E-state index in [1.54, 1.807) is 25.1 Å². The number of fused-ring (bicyclic) bond motifs is 1. The second-order valence-corrected chi connectivity index (χ2v) is 7.14. The third-order valence-corrected chi connectivity index (χ3v) is 5.26. The van der Waals surface area contributed by atoms with Crippen molar-refractivity contribution in [3.63, 3.8) is 0 Å². The van der Waals surface area contributed by atoms with E-state index in [1.807, 2.05) is 0 Å². The number of nitrogens with one attached hydrogen (secondary N) is 3. The lowest BCUT2D eigenvalue weighted by molar-refractivity contribution is 0.0953. The molecule has 0 bridgehead atoms. The van der Waals surface area contributed by atoms with Crippen LogP contribution in [-0.4, -0.2) is 34.6 Å². The smallest absolute Gasteiger partial charge is 0.328 e. The number of halogens is 1. The maximum absolute atomic E-state index is 12.4. The zero-order valence-electron chi connectivity index (χ0n) is 16.3. The van der Waals surface area contributed by atoms with Crippen molar-refractivity contribution in [1.29, 1.82) is 0 Å². The average molecular weight is 409 g/mol. The second kappa shape index (κ2) is 10.4. The van der Waals surface area contributed by atoms with Crippen molar-refractivity contribution >= 4 is 29.2 Å². The fraction of sp³-hybridized carbons (Fsp3) is 0.550. The Kier molecular flexibility index (Phi) is 8.26. The number of hydrogen-bond acceptors (Lipinski definition) is 4. The van der Waals surface area contributed by atoms with E-state index in [0.29, 0.717) is 35.6 Å². The highest BCUT2D eigenvalue weighted by atomic mass is 35.5. The van der Waals surface area contributed by atoms with Gasteiger partial charge in [-0.15, -0.1) is 12.4 Å². The first-order valence-electron chi connectivity index (χ1n) is 9.88. The summed E-state index contributed by atoms with van der Waals surface area (Å²) in [6.45, 7) is 3.33. The lowest BCUT2D eigenvalue weighted by atomic mass is 10.1. The Balaban J connectivity index is 0.00000280. The minimum absolute atomic E-state index is 0. The summed E-state index contributed by atoms with van der Waals surface area (Å²) in [4.78, 5) is 39.3. The van der Waals surface area contributed by atoms with Crippen LogP contribution in [0.1, 0.15) is 55.8 Å². The van der Waals surface area contributed by atoms with E-state index in [-0.39, 0.29) is 23.9 Å². The molecule has 1 saturated carbocycles. The Morgan fingerprint density at radius 1 is 1.14 bits per heavy atom. The molecule has 28 heavy (non-hydrogen) atoms. The molecule has 1 aliphatic rings. The van der Waals surface area contributed by atoms with Gasteiger partial charge in [0.25, 0.3) is 11.5 Å². The van der Waals surface area contributed by atoms with Crippen LogP contribution in [0.4, 0.5) is 0 Å². The fourth-order valence-electron chi connectivity index (χ4n) is 3.72. The van der Waals surface area contributed by atoms with Gasteiger partial charge in [0.15, 0.2) is 0 Å². The number of carbonyl (C=O) groups excluding carboxylic acids is 1. The predicted molar refractivity (Wildman–Crippen MR) is 114 cm³/mol.